The van der Waals surface area contributed by atoms with E-state index >= 15 is 0 Å². The quantitative estimate of drug-likeness (QED) is 0.257. The van der Waals surface area contributed by atoms with Crippen LogP contribution in [0.1, 0.15) is 39.3 Å². The lowest BCUT2D eigenvalue weighted by Gasteiger charge is -2.22. The molecule has 0 atom stereocenters. The molecule has 0 saturated carbocycles. The Balaban J connectivity index is 1.66. The average Bonchev–Trinajstić information content (AvgIpc) is 2.98. The fourth-order valence-corrected chi connectivity index (χ4v) is 5.29. The summed E-state index contributed by atoms with van der Waals surface area (Å²) in [6.45, 7) is 0.139. The van der Waals surface area contributed by atoms with Gasteiger partial charge in [-0.1, -0.05) is 85.0 Å². The molecule has 1 aromatic heterocycles. The fraction of sp³-hybridized carbons (Fsp3) is 0.0769. The maximum Gasteiger partial charge on any atom is 0.356 e. The Kier molecular flexibility index (Phi) is 5.80. The van der Waals surface area contributed by atoms with Crippen LogP contribution in [0.4, 0.5) is 0 Å². The first kappa shape index (κ1) is 22.4. The van der Waals surface area contributed by atoms with Gasteiger partial charge in [0.1, 0.15) is 4.64 Å². The van der Waals surface area contributed by atoms with Gasteiger partial charge in [-0.05, 0) is 39.9 Å². The van der Waals surface area contributed by atoms with Crippen molar-refractivity contribution in [1.29, 1.82) is 0 Å². The minimum Gasteiger partial charge on any atom is -0.321 e. The second kappa shape index (κ2) is 8.78. The van der Waals surface area contributed by atoms with Crippen molar-refractivity contribution in [3.63, 3.8) is 0 Å². The number of aromatic amines is 1. The molecular formula is C26H21N2O4PS. The van der Waals surface area contributed by atoms with Crippen molar-refractivity contribution in [3.05, 3.63) is 127 Å². The predicted molar refractivity (Wildman–Crippen MR) is 136 cm³/mol. The van der Waals surface area contributed by atoms with Crippen LogP contribution in [-0.2, 0) is 11.1 Å². The van der Waals surface area contributed by atoms with Crippen molar-refractivity contribution in [2.45, 2.75) is 12.5 Å². The lowest BCUT2D eigenvalue weighted by molar-refractivity contribution is 0.387. The number of aromatic nitrogens is 2. The molecule has 1 heterocycles. The third kappa shape index (κ3) is 4.27. The largest absolute Gasteiger partial charge is 0.356 e. The van der Waals surface area contributed by atoms with Crippen molar-refractivity contribution in [3.8, 4) is 0 Å². The highest BCUT2D eigenvalue weighted by atomic mass is 32.1. The predicted octanol–water partition coefficient (Wildman–Crippen LogP) is 4.42. The van der Waals surface area contributed by atoms with Gasteiger partial charge >= 0.3 is 13.3 Å². The van der Waals surface area contributed by atoms with Crippen LogP contribution in [0.25, 0.3) is 12.2 Å². The molecule has 0 aliphatic heterocycles. The molecule has 170 valence electrons. The van der Waals surface area contributed by atoms with Gasteiger partial charge in [0, 0.05) is 17.7 Å². The molecule has 8 heteroatoms. The van der Waals surface area contributed by atoms with Gasteiger partial charge in [-0.2, -0.15) is 0 Å². The first-order valence-electron chi connectivity index (χ1n) is 10.7. The van der Waals surface area contributed by atoms with Gasteiger partial charge in [-0.15, -0.1) is 0 Å². The molecule has 0 spiro atoms. The van der Waals surface area contributed by atoms with Crippen LogP contribution in [0.5, 0.6) is 0 Å². The summed E-state index contributed by atoms with van der Waals surface area (Å²) in [5.41, 5.74) is 5.31. The van der Waals surface area contributed by atoms with E-state index in [0.717, 1.165) is 27.8 Å². The van der Waals surface area contributed by atoms with Crippen molar-refractivity contribution < 1.29 is 14.4 Å². The highest BCUT2D eigenvalue weighted by molar-refractivity contribution is 7.71. The highest BCUT2D eigenvalue weighted by Gasteiger charge is 2.25. The summed E-state index contributed by atoms with van der Waals surface area (Å²) in [6.07, 6.45) is 5.93. The van der Waals surface area contributed by atoms with Crippen molar-refractivity contribution in [2.24, 2.45) is 0 Å². The average molecular weight is 489 g/mol. The number of nitrogens with one attached hydrogen (secondary N) is 1. The first-order chi connectivity index (χ1) is 16.3. The highest BCUT2D eigenvalue weighted by Crippen LogP contribution is 2.39. The summed E-state index contributed by atoms with van der Waals surface area (Å²) in [5, 5.41) is -0.0835. The van der Waals surface area contributed by atoms with E-state index in [-0.39, 0.29) is 23.5 Å². The number of rotatable bonds is 4. The topological polar surface area (TPSA) is 95.3 Å². The van der Waals surface area contributed by atoms with E-state index in [1.807, 2.05) is 24.3 Å². The van der Waals surface area contributed by atoms with E-state index in [1.54, 1.807) is 18.3 Å². The number of fused-ring (bicyclic) bond motifs is 2. The number of H-pyrrole nitrogens is 1. The number of hydrogen-bond donors (Lipinski definition) is 3. The maximum atomic E-state index is 12.8. The van der Waals surface area contributed by atoms with E-state index in [0.29, 0.717) is 10.2 Å². The smallest absolute Gasteiger partial charge is 0.321 e. The second-order valence-electron chi connectivity index (χ2n) is 8.21. The molecule has 0 amide bonds. The summed E-state index contributed by atoms with van der Waals surface area (Å²) < 4.78 is 13.5. The molecule has 0 unspecified atom stereocenters. The molecule has 3 aromatic carbocycles. The standard InChI is InChI=1S/C26H21N2O4PS/c29-26-27-25(34)23(16-28(26)15-17-6-5-9-20(14-17)33(30,31)32)24-21-10-3-1-7-18(21)12-13-19-8-2-4-11-22(19)24/h1-14,16,24H,15H2,(H,27,29,34)(H2,30,31,32). The number of benzene rings is 3. The SMILES string of the molecule is O=c1[nH]c(=S)c(C2c3ccccc3C=Cc3ccccc32)cn1Cc1cccc(P(=O)(O)O)c1. The van der Waals surface area contributed by atoms with E-state index in [9.17, 15) is 19.1 Å². The molecule has 1 aliphatic rings. The van der Waals surface area contributed by atoms with Crippen LogP contribution in [0.3, 0.4) is 0 Å². The van der Waals surface area contributed by atoms with E-state index in [2.05, 4.69) is 41.4 Å². The molecule has 0 radical (unpaired) electrons. The van der Waals surface area contributed by atoms with E-state index < -0.39 is 7.60 Å². The molecule has 6 nitrogen and oxygen atoms in total. The Morgan fingerprint density at radius 3 is 2.12 bits per heavy atom. The minimum absolute atomic E-state index is 0.0835. The zero-order chi connectivity index (χ0) is 23.9. The van der Waals surface area contributed by atoms with Gasteiger partial charge in [0.05, 0.1) is 11.8 Å². The Morgan fingerprint density at radius 2 is 1.50 bits per heavy atom. The van der Waals surface area contributed by atoms with Crippen molar-refractivity contribution >= 4 is 37.3 Å². The van der Waals surface area contributed by atoms with Gasteiger partial charge in [-0.3, -0.25) is 14.1 Å². The summed E-state index contributed by atoms with van der Waals surface area (Å²) in [4.78, 5) is 34.6. The van der Waals surface area contributed by atoms with Crippen LogP contribution >= 0.6 is 19.8 Å². The summed E-state index contributed by atoms with van der Waals surface area (Å²) in [5.74, 6) is -0.195. The third-order valence-electron chi connectivity index (χ3n) is 6.01. The summed E-state index contributed by atoms with van der Waals surface area (Å²) >= 11 is 5.62. The lowest BCUT2D eigenvalue weighted by atomic mass is 9.83. The molecule has 0 fully saturated rings. The molecular weight excluding hydrogens is 467 g/mol. The Labute approximate surface area is 201 Å². The normalized spacial score (nSPS) is 13.2. The molecule has 1 aliphatic carbocycles. The fourth-order valence-electron chi connectivity index (χ4n) is 4.42. The van der Waals surface area contributed by atoms with Gasteiger partial charge < -0.3 is 9.79 Å². The van der Waals surface area contributed by atoms with Gasteiger partial charge in [0.15, 0.2) is 0 Å². The molecule has 34 heavy (non-hydrogen) atoms. The number of nitrogens with zero attached hydrogens (tertiary/aromatic N) is 1. The molecule has 4 aromatic rings. The van der Waals surface area contributed by atoms with E-state index in [1.165, 1.54) is 16.7 Å². The Bertz CT molecular complexity index is 1550. The van der Waals surface area contributed by atoms with Gasteiger partial charge in [0.2, 0.25) is 0 Å². The van der Waals surface area contributed by atoms with Crippen LogP contribution < -0.4 is 11.0 Å². The Morgan fingerprint density at radius 1 is 0.882 bits per heavy atom. The zero-order valence-corrected chi connectivity index (χ0v) is 19.7. The molecule has 0 bridgehead atoms. The van der Waals surface area contributed by atoms with Crippen LogP contribution in [0.15, 0.2) is 83.8 Å². The van der Waals surface area contributed by atoms with Crippen molar-refractivity contribution in [2.75, 3.05) is 0 Å². The molecule has 3 N–H and O–H groups in total. The monoisotopic (exact) mass is 488 g/mol. The lowest BCUT2D eigenvalue weighted by Crippen LogP contribution is -2.25. The molecule has 5 rings (SSSR count). The molecule has 0 saturated heterocycles. The van der Waals surface area contributed by atoms with Crippen molar-refractivity contribution in [1.82, 2.24) is 9.55 Å². The van der Waals surface area contributed by atoms with Gasteiger partial charge in [-0.25, -0.2) is 4.79 Å². The van der Waals surface area contributed by atoms with Crippen LogP contribution in [-0.4, -0.2) is 19.3 Å². The second-order valence-corrected chi connectivity index (χ2v) is 10.2. The maximum absolute atomic E-state index is 12.8. The van der Waals surface area contributed by atoms with Crippen LogP contribution in [0, 0.1) is 4.64 Å². The zero-order valence-electron chi connectivity index (χ0n) is 18.0. The summed E-state index contributed by atoms with van der Waals surface area (Å²) in [7, 11) is -4.40. The summed E-state index contributed by atoms with van der Waals surface area (Å²) in [6, 6.07) is 22.3. The minimum atomic E-state index is -4.40. The Hall–Kier alpha value is -3.35. The third-order valence-corrected chi connectivity index (χ3v) is 7.29. The first-order valence-corrected chi connectivity index (χ1v) is 12.7. The number of hydrogen-bond acceptors (Lipinski definition) is 3. The van der Waals surface area contributed by atoms with Gasteiger partial charge in [0.25, 0.3) is 0 Å². The van der Waals surface area contributed by atoms with E-state index in [4.69, 9.17) is 12.2 Å². The van der Waals surface area contributed by atoms with Crippen LogP contribution in [0.2, 0.25) is 0 Å².